The highest BCUT2D eigenvalue weighted by Gasteiger charge is 2.31. The Bertz CT molecular complexity index is 646. The number of nitrogens with zero attached hydrogens (tertiary/aromatic N) is 1. The van der Waals surface area contributed by atoms with Crippen LogP contribution < -0.4 is 16.4 Å². The van der Waals surface area contributed by atoms with Gasteiger partial charge in [-0.05, 0) is 12.8 Å². The first-order chi connectivity index (χ1) is 9.77. The molecule has 1 fully saturated rings. The van der Waals surface area contributed by atoms with Gasteiger partial charge in [-0.2, -0.15) is 0 Å². The van der Waals surface area contributed by atoms with Crippen LogP contribution in [0.4, 0.5) is 10.7 Å². The number of nitrogens with two attached hydrogens (primary N) is 2. The van der Waals surface area contributed by atoms with Gasteiger partial charge in [-0.15, -0.1) is 11.3 Å². The first-order valence-electron chi connectivity index (χ1n) is 6.65. The molecule has 9 heteroatoms. The molecule has 1 aromatic rings. The minimum Gasteiger partial charge on any atom is -0.396 e. The summed E-state index contributed by atoms with van der Waals surface area (Å²) < 4.78 is 24.6. The summed E-state index contributed by atoms with van der Waals surface area (Å²) in [5.74, 6) is -0.830. The Morgan fingerprint density at radius 3 is 2.48 bits per heavy atom. The van der Waals surface area contributed by atoms with Crippen LogP contribution in [0.15, 0.2) is 4.90 Å². The molecule has 0 spiro atoms. The van der Waals surface area contributed by atoms with Crippen LogP contribution in [0.25, 0.3) is 0 Å². The van der Waals surface area contributed by atoms with Gasteiger partial charge in [0.15, 0.2) is 9.84 Å². The van der Waals surface area contributed by atoms with E-state index in [0.717, 1.165) is 11.3 Å². The van der Waals surface area contributed by atoms with Crippen molar-refractivity contribution in [2.24, 2.45) is 5.73 Å². The summed E-state index contributed by atoms with van der Waals surface area (Å²) in [7, 11) is -3.56. The van der Waals surface area contributed by atoms with Gasteiger partial charge in [-0.1, -0.05) is 6.92 Å². The fourth-order valence-corrected chi connectivity index (χ4v) is 5.03. The van der Waals surface area contributed by atoms with Crippen molar-refractivity contribution >= 4 is 37.8 Å². The normalized spacial score (nSPS) is 17.1. The van der Waals surface area contributed by atoms with Gasteiger partial charge in [-0.3, -0.25) is 4.79 Å². The average Bonchev–Trinajstić information content (AvgIpc) is 2.78. The van der Waals surface area contributed by atoms with E-state index in [1.54, 1.807) is 0 Å². The highest BCUT2D eigenvalue weighted by molar-refractivity contribution is 7.92. The third-order valence-corrected chi connectivity index (χ3v) is 6.75. The Labute approximate surface area is 127 Å². The van der Waals surface area contributed by atoms with Crippen LogP contribution in [0, 0.1) is 0 Å². The molecule has 5 N–H and O–H groups in total. The van der Waals surface area contributed by atoms with Gasteiger partial charge >= 0.3 is 0 Å². The molecular weight excluding hydrogens is 314 g/mol. The lowest BCUT2D eigenvalue weighted by atomic mass is 10.1. The second kappa shape index (κ2) is 5.82. The minimum atomic E-state index is -3.56. The van der Waals surface area contributed by atoms with Crippen molar-refractivity contribution < 1.29 is 18.3 Å². The lowest BCUT2D eigenvalue weighted by molar-refractivity contribution is 0.100. The molecule has 1 aliphatic heterocycles. The molecule has 1 aliphatic rings. The van der Waals surface area contributed by atoms with Crippen LogP contribution in [0.5, 0.6) is 0 Å². The summed E-state index contributed by atoms with van der Waals surface area (Å²) >= 11 is 1.01. The molecule has 7 nitrogen and oxygen atoms in total. The molecule has 2 heterocycles. The number of carbonyl (C=O) groups is 1. The molecule has 1 saturated heterocycles. The summed E-state index contributed by atoms with van der Waals surface area (Å²) in [6.45, 7) is 2.57. The Morgan fingerprint density at radius 2 is 2.00 bits per heavy atom. The monoisotopic (exact) mass is 333 g/mol. The van der Waals surface area contributed by atoms with Crippen molar-refractivity contribution in [3.63, 3.8) is 0 Å². The number of sulfone groups is 1. The zero-order valence-electron chi connectivity index (χ0n) is 11.7. The molecule has 0 saturated carbocycles. The van der Waals surface area contributed by atoms with Gasteiger partial charge in [0.05, 0.1) is 17.5 Å². The molecule has 0 bridgehead atoms. The molecule has 0 aliphatic carbocycles. The second-order valence-corrected chi connectivity index (χ2v) is 8.18. The largest absolute Gasteiger partial charge is 0.396 e. The maximum absolute atomic E-state index is 12.3. The Balaban J connectivity index is 2.54. The molecule has 118 valence electrons. The van der Waals surface area contributed by atoms with Gasteiger partial charge in [0.25, 0.3) is 5.91 Å². The number of piperidine rings is 1. The van der Waals surface area contributed by atoms with Crippen molar-refractivity contribution in [2.45, 2.75) is 30.8 Å². The highest BCUT2D eigenvalue weighted by atomic mass is 32.2. The Hall–Kier alpha value is -1.32. The number of nitrogen functional groups attached to an aromatic ring is 1. The van der Waals surface area contributed by atoms with Gasteiger partial charge in [0, 0.05) is 13.1 Å². The lowest BCUT2D eigenvalue weighted by Gasteiger charge is -2.31. The van der Waals surface area contributed by atoms with Gasteiger partial charge in [0.2, 0.25) is 0 Å². The summed E-state index contributed by atoms with van der Waals surface area (Å²) in [5.41, 5.74) is 11.1. The fourth-order valence-electron chi connectivity index (χ4n) is 2.32. The number of rotatable bonds is 4. The van der Waals surface area contributed by atoms with Crippen LogP contribution in [0.1, 0.15) is 29.4 Å². The van der Waals surface area contributed by atoms with Crippen molar-refractivity contribution in [2.75, 3.05) is 29.5 Å². The predicted molar refractivity (Wildman–Crippen MR) is 82.4 cm³/mol. The number of aliphatic hydroxyl groups excluding tert-OH is 1. The number of aliphatic hydroxyl groups is 1. The summed E-state index contributed by atoms with van der Waals surface area (Å²) in [6, 6.07) is 0. The predicted octanol–water partition coefficient (Wildman–Crippen LogP) is 0.184. The molecule has 0 aromatic carbocycles. The number of anilines is 2. The first kappa shape index (κ1) is 16.1. The van der Waals surface area contributed by atoms with E-state index in [2.05, 4.69) is 0 Å². The van der Waals surface area contributed by atoms with Crippen LogP contribution in [0.3, 0.4) is 0 Å². The standard InChI is InChI=1S/C12H19N3O4S2/c1-2-21(18,19)10-8(13)9(11(14)17)20-12(10)15-5-3-7(16)4-6-15/h7,16H,2-6,13H2,1H3,(H2,14,17). The summed E-state index contributed by atoms with van der Waals surface area (Å²) in [5, 5.41) is 10.0. The molecule has 1 aromatic heterocycles. The Morgan fingerprint density at radius 1 is 1.43 bits per heavy atom. The van der Waals surface area contributed by atoms with E-state index < -0.39 is 15.7 Å². The number of amides is 1. The zero-order valence-corrected chi connectivity index (χ0v) is 13.3. The molecular formula is C12H19N3O4S2. The van der Waals surface area contributed by atoms with Gasteiger partial charge in [0.1, 0.15) is 14.8 Å². The minimum absolute atomic E-state index is 0.000176. The van der Waals surface area contributed by atoms with Crippen molar-refractivity contribution in [3.8, 4) is 0 Å². The molecule has 2 rings (SSSR count). The van der Waals surface area contributed by atoms with E-state index in [4.69, 9.17) is 11.5 Å². The molecule has 0 unspecified atom stereocenters. The molecule has 1 amide bonds. The van der Waals surface area contributed by atoms with E-state index >= 15 is 0 Å². The number of hydrogen-bond donors (Lipinski definition) is 3. The maximum atomic E-state index is 12.3. The van der Waals surface area contributed by atoms with Gasteiger partial charge in [-0.25, -0.2) is 8.42 Å². The first-order valence-corrected chi connectivity index (χ1v) is 9.12. The zero-order chi connectivity index (χ0) is 15.8. The third kappa shape index (κ3) is 2.99. The number of hydrogen-bond acceptors (Lipinski definition) is 7. The number of carbonyl (C=O) groups excluding carboxylic acids is 1. The lowest BCUT2D eigenvalue weighted by Crippen LogP contribution is -2.36. The highest BCUT2D eigenvalue weighted by Crippen LogP contribution is 2.42. The van der Waals surface area contributed by atoms with Crippen molar-refractivity contribution in [3.05, 3.63) is 4.88 Å². The molecule has 0 radical (unpaired) electrons. The van der Waals surface area contributed by atoms with Crippen LogP contribution >= 0.6 is 11.3 Å². The van der Waals surface area contributed by atoms with Crippen molar-refractivity contribution in [1.29, 1.82) is 0 Å². The Kier molecular flexibility index (Phi) is 4.45. The fraction of sp³-hybridized carbons (Fsp3) is 0.583. The van der Waals surface area contributed by atoms with Crippen LogP contribution in [-0.2, 0) is 9.84 Å². The summed E-state index contributed by atoms with van der Waals surface area (Å²) in [6.07, 6.45) is 0.727. The number of primary amides is 1. The topological polar surface area (TPSA) is 127 Å². The average molecular weight is 333 g/mol. The van der Waals surface area contributed by atoms with E-state index in [1.165, 1.54) is 6.92 Å². The van der Waals surface area contributed by atoms with E-state index in [1.807, 2.05) is 4.90 Å². The van der Waals surface area contributed by atoms with Crippen LogP contribution in [0.2, 0.25) is 0 Å². The maximum Gasteiger partial charge on any atom is 0.261 e. The SMILES string of the molecule is CCS(=O)(=O)c1c(N2CCC(O)CC2)sc(C(N)=O)c1N. The van der Waals surface area contributed by atoms with E-state index in [9.17, 15) is 18.3 Å². The second-order valence-electron chi connectivity index (χ2n) is 4.97. The molecule has 21 heavy (non-hydrogen) atoms. The van der Waals surface area contributed by atoms with E-state index in [-0.39, 0.29) is 27.3 Å². The molecule has 0 atom stereocenters. The van der Waals surface area contributed by atoms with Crippen molar-refractivity contribution in [1.82, 2.24) is 0 Å². The quantitative estimate of drug-likeness (QED) is 0.721. The van der Waals surface area contributed by atoms with Gasteiger partial charge < -0.3 is 21.5 Å². The van der Waals surface area contributed by atoms with E-state index in [0.29, 0.717) is 30.9 Å². The number of thiophene rings is 1. The third-order valence-electron chi connectivity index (χ3n) is 3.55. The summed E-state index contributed by atoms with van der Waals surface area (Å²) in [4.78, 5) is 13.4. The smallest absolute Gasteiger partial charge is 0.261 e. The van der Waals surface area contributed by atoms with Crippen LogP contribution in [-0.4, -0.2) is 44.4 Å².